The Morgan fingerprint density at radius 2 is 2.00 bits per heavy atom. The summed E-state index contributed by atoms with van der Waals surface area (Å²) in [6.07, 6.45) is 0. The number of carbonyl (C=O) groups excluding carboxylic acids is 1. The molecule has 2 aromatic carbocycles. The third kappa shape index (κ3) is 2.70. The number of anilines is 2. The van der Waals surface area contributed by atoms with Gasteiger partial charge in [0.1, 0.15) is 5.82 Å². The number of rotatable bonds is 3. The van der Waals surface area contributed by atoms with Gasteiger partial charge in [0.15, 0.2) is 5.13 Å². The molecule has 0 fully saturated rings. The topological polar surface area (TPSA) is 71.8 Å². The summed E-state index contributed by atoms with van der Waals surface area (Å²) in [5, 5.41) is 6.40. The van der Waals surface area contributed by atoms with Crippen LogP contribution in [0.15, 0.2) is 36.4 Å². The van der Waals surface area contributed by atoms with Gasteiger partial charge in [0.25, 0.3) is 5.91 Å². The Bertz CT molecular complexity index is 1120. The molecule has 0 unspecified atom stereocenters. The van der Waals surface area contributed by atoms with Crippen molar-refractivity contribution in [1.82, 2.24) is 19.9 Å². The number of thiazole rings is 1. The Balaban J connectivity index is 1.72. The molecule has 4 rings (SSSR count). The Kier molecular flexibility index (Phi) is 3.61. The number of aromatic nitrogens is 3. The van der Waals surface area contributed by atoms with Crippen LogP contribution in [-0.4, -0.2) is 27.5 Å². The van der Waals surface area contributed by atoms with Crippen molar-refractivity contribution in [3.63, 3.8) is 0 Å². The lowest BCUT2D eigenvalue weighted by atomic mass is 10.2. The van der Waals surface area contributed by atoms with Gasteiger partial charge in [0, 0.05) is 19.7 Å². The van der Waals surface area contributed by atoms with Crippen LogP contribution < -0.4 is 10.6 Å². The van der Waals surface area contributed by atoms with Crippen LogP contribution in [0.2, 0.25) is 0 Å². The summed E-state index contributed by atoms with van der Waals surface area (Å²) in [4.78, 5) is 20.7. The average molecular weight is 355 g/mol. The van der Waals surface area contributed by atoms with Crippen LogP contribution in [-0.2, 0) is 7.05 Å². The Morgan fingerprint density at radius 3 is 2.80 bits per heavy atom. The van der Waals surface area contributed by atoms with Crippen molar-refractivity contribution >= 4 is 49.6 Å². The van der Waals surface area contributed by atoms with Gasteiger partial charge in [-0.05, 0) is 36.4 Å². The Labute approximate surface area is 146 Å². The normalized spacial score (nSPS) is 11.2. The van der Waals surface area contributed by atoms with Crippen LogP contribution in [0.3, 0.4) is 0 Å². The van der Waals surface area contributed by atoms with E-state index in [2.05, 4.69) is 20.6 Å². The molecule has 2 aromatic heterocycles. The van der Waals surface area contributed by atoms with Crippen molar-refractivity contribution in [1.29, 1.82) is 0 Å². The molecule has 25 heavy (non-hydrogen) atoms. The van der Waals surface area contributed by atoms with E-state index in [1.165, 1.54) is 23.5 Å². The van der Waals surface area contributed by atoms with Crippen molar-refractivity contribution in [2.45, 2.75) is 0 Å². The Morgan fingerprint density at radius 1 is 1.16 bits per heavy atom. The molecule has 6 nitrogen and oxygen atoms in total. The standard InChI is InChI=1S/C17H14FN5OS/c1-19-15(24)9-3-6-13-12(7-9)20-16(23(13)2)22-17-21-11-5-4-10(18)8-14(11)25-17/h3-8H,1-2H3,(H,19,24)(H,20,21,22). The summed E-state index contributed by atoms with van der Waals surface area (Å²) < 4.78 is 16.0. The van der Waals surface area contributed by atoms with E-state index >= 15 is 0 Å². The summed E-state index contributed by atoms with van der Waals surface area (Å²) in [6, 6.07) is 9.85. The summed E-state index contributed by atoms with van der Waals surface area (Å²) in [6.45, 7) is 0. The Hall–Kier alpha value is -3.00. The van der Waals surface area contributed by atoms with Crippen molar-refractivity contribution in [3.05, 3.63) is 47.8 Å². The second kappa shape index (κ2) is 5.82. The number of aryl methyl sites for hydroxylation is 1. The van der Waals surface area contributed by atoms with E-state index in [1.807, 2.05) is 17.7 Å². The van der Waals surface area contributed by atoms with Gasteiger partial charge in [0.05, 0.1) is 21.3 Å². The van der Waals surface area contributed by atoms with E-state index in [0.29, 0.717) is 22.2 Å². The molecule has 0 bridgehead atoms. The molecular weight excluding hydrogens is 341 g/mol. The number of nitrogens with zero attached hydrogens (tertiary/aromatic N) is 3. The summed E-state index contributed by atoms with van der Waals surface area (Å²) in [5.41, 5.74) is 2.88. The fraction of sp³-hybridized carbons (Fsp3) is 0.118. The number of hydrogen-bond donors (Lipinski definition) is 2. The molecule has 126 valence electrons. The molecule has 2 N–H and O–H groups in total. The van der Waals surface area contributed by atoms with Gasteiger partial charge in [-0.25, -0.2) is 14.4 Å². The zero-order chi connectivity index (χ0) is 17.6. The molecular formula is C17H14FN5OS. The zero-order valence-corrected chi connectivity index (χ0v) is 14.3. The summed E-state index contributed by atoms with van der Waals surface area (Å²) in [7, 11) is 3.47. The van der Waals surface area contributed by atoms with Gasteiger partial charge in [-0.15, -0.1) is 0 Å². The molecule has 4 aromatic rings. The van der Waals surface area contributed by atoms with Crippen molar-refractivity contribution in [2.75, 3.05) is 12.4 Å². The van der Waals surface area contributed by atoms with Gasteiger partial charge < -0.3 is 15.2 Å². The number of benzene rings is 2. The number of imidazole rings is 1. The maximum atomic E-state index is 13.3. The summed E-state index contributed by atoms with van der Waals surface area (Å²) >= 11 is 1.36. The maximum absolute atomic E-state index is 13.3. The first-order valence-electron chi connectivity index (χ1n) is 7.57. The number of carbonyl (C=O) groups is 1. The molecule has 0 spiro atoms. The molecule has 0 aliphatic rings. The van der Waals surface area contributed by atoms with Gasteiger partial charge in [0.2, 0.25) is 5.95 Å². The average Bonchev–Trinajstić information content (AvgIpc) is 3.14. The van der Waals surface area contributed by atoms with E-state index < -0.39 is 0 Å². The molecule has 0 aliphatic carbocycles. The molecule has 8 heteroatoms. The molecule has 0 atom stereocenters. The molecule has 1 amide bonds. The van der Waals surface area contributed by atoms with Crippen molar-refractivity contribution < 1.29 is 9.18 Å². The number of amides is 1. The molecule has 2 heterocycles. The first-order valence-corrected chi connectivity index (χ1v) is 8.38. The minimum atomic E-state index is -0.285. The van der Waals surface area contributed by atoms with Crippen molar-refractivity contribution in [2.24, 2.45) is 7.05 Å². The van der Waals surface area contributed by atoms with E-state index in [-0.39, 0.29) is 11.7 Å². The highest BCUT2D eigenvalue weighted by Crippen LogP contribution is 2.29. The van der Waals surface area contributed by atoms with Crippen LogP contribution in [0.25, 0.3) is 21.3 Å². The van der Waals surface area contributed by atoms with Crippen LogP contribution >= 0.6 is 11.3 Å². The third-order valence-electron chi connectivity index (χ3n) is 3.94. The second-order valence-corrected chi connectivity index (χ2v) is 6.56. The van der Waals surface area contributed by atoms with Crippen LogP contribution in [0.4, 0.5) is 15.5 Å². The lowest BCUT2D eigenvalue weighted by Crippen LogP contribution is -2.17. The highest BCUT2D eigenvalue weighted by molar-refractivity contribution is 7.22. The van der Waals surface area contributed by atoms with Crippen LogP contribution in [0, 0.1) is 5.82 Å². The van der Waals surface area contributed by atoms with E-state index in [4.69, 9.17) is 0 Å². The number of hydrogen-bond acceptors (Lipinski definition) is 5. The SMILES string of the molecule is CNC(=O)c1ccc2c(c1)nc(Nc1nc3ccc(F)cc3s1)n2C. The quantitative estimate of drug-likeness (QED) is 0.591. The predicted molar refractivity (Wildman–Crippen MR) is 97.0 cm³/mol. The van der Waals surface area contributed by atoms with Gasteiger partial charge in [-0.2, -0.15) is 0 Å². The second-order valence-electron chi connectivity index (χ2n) is 5.53. The fourth-order valence-corrected chi connectivity index (χ4v) is 3.53. The van der Waals surface area contributed by atoms with E-state index in [9.17, 15) is 9.18 Å². The third-order valence-corrected chi connectivity index (χ3v) is 4.87. The lowest BCUT2D eigenvalue weighted by Gasteiger charge is -2.02. The number of nitrogens with one attached hydrogen (secondary N) is 2. The summed E-state index contributed by atoms with van der Waals surface area (Å²) in [5.74, 6) is 0.158. The van der Waals surface area contributed by atoms with Gasteiger partial charge in [-0.3, -0.25) is 4.79 Å². The van der Waals surface area contributed by atoms with E-state index in [1.54, 1.807) is 25.2 Å². The lowest BCUT2D eigenvalue weighted by molar-refractivity contribution is 0.0963. The maximum Gasteiger partial charge on any atom is 0.251 e. The van der Waals surface area contributed by atoms with Crippen LogP contribution in [0.1, 0.15) is 10.4 Å². The zero-order valence-electron chi connectivity index (χ0n) is 13.5. The van der Waals surface area contributed by atoms with Crippen molar-refractivity contribution in [3.8, 4) is 0 Å². The molecule has 0 saturated heterocycles. The molecule has 0 saturated carbocycles. The number of fused-ring (bicyclic) bond motifs is 2. The monoisotopic (exact) mass is 355 g/mol. The van der Waals surface area contributed by atoms with Crippen LogP contribution in [0.5, 0.6) is 0 Å². The smallest absolute Gasteiger partial charge is 0.251 e. The highest BCUT2D eigenvalue weighted by Gasteiger charge is 2.13. The first kappa shape index (κ1) is 15.5. The minimum absolute atomic E-state index is 0.157. The molecule has 0 aliphatic heterocycles. The number of halogens is 1. The highest BCUT2D eigenvalue weighted by atomic mass is 32.1. The van der Waals surface area contributed by atoms with E-state index in [0.717, 1.165) is 15.7 Å². The van der Waals surface area contributed by atoms with Gasteiger partial charge >= 0.3 is 0 Å². The molecule has 0 radical (unpaired) electrons. The van der Waals surface area contributed by atoms with Gasteiger partial charge in [-0.1, -0.05) is 11.3 Å². The largest absolute Gasteiger partial charge is 0.355 e. The first-order chi connectivity index (χ1) is 12.0. The predicted octanol–water partition coefficient (Wildman–Crippen LogP) is 3.43. The minimum Gasteiger partial charge on any atom is -0.355 e. The fourth-order valence-electron chi connectivity index (χ4n) is 2.64.